The summed E-state index contributed by atoms with van der Waals surface area (Å²) >= 11 is 6.22. The van der Waals surface area contributed by atoms with Crippen molar-refractivity contribution in [1.29, 1.82) is 0 Å². The fourth-order valence-corrected chi connectivity index (χ4v) is 4.86. The number of ketones is 1. The van der Waals surface area contributed by atoms with Gasteiger partial charge in [-0.2, -0.15) is 0 Å². The van der Waals surface area contributed by atoms with Crippen molar-refractivity contribution in [3.8, 4) is 11.1 Å². The molecule has 29 heavy (non-hydrogen) atoms. The molecule has 4 nitrogen and oxygen atoms in total. The topological polar surface area (TPSA) is 55.4 Å². The van der Waals surface area contributed by atoms with Gasteiger partial charge < -0.3 is 10.1 Å². The number of carbonyl (C=O) groups excluding carboxylic acids is 2. The first-order valence-electron chi connectivity index (χ1n) is 9.80. The predicted molar refractivity (Wildman–Crippen MR) is 109 cm³/mol. The zero-order valence-corrected chi connectivity index (χ0v) is 17.2. The van der Waals surface area contributed by atoms with Gasteiger partial charge in [0.1, 0.15) is 11.7 Å². The molecule has 1 spiro atoms. The maximum atomic E-state index is 13.4. The van der Waals surface area contributed by atoms with Crippen molar-refractivity contribution in [1.82, 2.24) is 5.32 Å². The molecule has 1 aliphatic carbocycles. The summed E-state index contributed by atoms with van der Waals surface area (Å²) in [7, 11) is 1.68. The van der Waals surface area contributed by atoms with Gasteiger partial charge >= 0.3 is 0 Å². The van der Waals surface area contributed by atoms with E-state index in [0.717, 1.165) is 24.0 Å². The first kappa shape index (κ1) is 20.0. The van der Waals surface area contributed by atoms with Crippen LogP contribution in [-0.2, 0) is 14.3 Å². The molecule has 1 aliphatic heterocycles. The summed E-state index contributed by atoms with van der Waals surface area (Å²) in [6.45, 7) is 1.89. The van der Waals surface area contributed by atoms with Crippen LogP contribution in [0.4, 0.5) is 4.39 Å². The van der Waals surface area contributed by atoms with E-state index in [2.05, 4.69) is 5.32 Å². The van der Waals surface area contributed by atoms with Crippen LogP contribution in [0, 0.1) is 12.7 Å². The maximum Gasteiger partial charge on any atom is 0.235 e. The summed E-state index contributed by atoms with van der Waals surface area (Å²) in [5, 5.41) is 3.29. The monoisotopic (exact) mass is 415 g/mol. The van der Waals surface area contributed by atoms with Gasteiger partial charge in [-0.1, -0.05) is 23.7 Å². The fraction of sp³-hybridized carbons (Fsp3) is 0.391. The zero-order chi connectivity index (χ0) is 20.8. The van der Waals surface area contributed by atoms with Crippen LogP contribution in [0.15, 0.2) is 36.4 Å². The molecule has 2 aromatic carbocycles. The Morgan fingerprint density at radius 1 is 1.14 bits per heavy atom. The molecule has 2 aromatic rings. The van der Waals surface area contributed by atoms with Gasteiger partial charge in [-0.3, -0.25) is 9.59 Å². The molecule has 1 heterocycles. The average molecular weight is 416 g/mol. The summed E-state index contributed by atoms with van der Waals surface area (Å²) in [5.41, 5.74) is 2.15. The maximum absolute atomic E-state index is 13.4. The number of ether oxygens (including phenoxy) is 1. The number of rotatable bonds is 3. The van der Waals surface area contributed by atoms with Crippen molar-refractivity contribution < 1.29 is 18.7 Å². The molecular formula is C23H23ClFNO3. The minimum absolute atomic E-state index is 0.0671. The van der Waals surface area contributed by atoms with E-state index in [1.165, 1.54) is 12.1 Å². The number of methoxy groups -OCH3 is 1. The Bertz CT molecular complexity index is 982. The Balaban J connectivity index is 1.69. The van der Waals surface area contributed by atoms with Crippen molar-refractivity contribution in [3.63, 3.8) is 0 Å². The summed E-state index contributed by atoms with van der Waals surface area (Å²) in [4.78, 5) is 26.3. The lowest BCUT2D eigenvalue weighted by Gasteiger charge is -2.35. The second kappa shape index (κ2) is 7.54. The molecule has 6 heteroatoms. The van der Waals surface area contributed by atoms with Gasteiger partial charge in [0.05, 0.1) is 16.7 Å². The average Bonchev–Trinajstić information content (AvgIpc) is 2.93. The number of benzene rings is 2. The van der Waals surface area contributed by atoms with Crippen molar-refractivity contribution in [2.75, 3.05) is 7.11 Å². The lowest BCUT2D eigenvalue weighted by atomic mass is 9.75. The third-order valence-corrected chi connectivity index (χ3v) is 6.62. The molecule has 4 rings (SSSR count). The highest BCUT2D eigenvalue weighted by Gasteiger charge is 2.54. The number of amides is 1. The van der Waals surface area contributed by atoms with Crippen molar-refractivity contribution in [3.05, 3.63) is 58.4 Å². The first-order valence-corrected chi connectivity index (χ1v) is 10.2. The summed E-state index contributed by atoms with van der Waals surface area (Å²) in [6, 6.07) is 9.78. The van der Waals surface area contributed by atoms with E-state index >= 15 is 0 Å². The third kappa shape index (κ3) is 3.47. The van der Waals surface area contributed by atoms with E-state index < -0.39 is 17.3 Å². The number of hydrogen-bond donors (Lipinski definition) is 1. The number of hydrogen-bond acceptors (Lipinski definition) is 3. The SMILES string of the molecule is COC1CCC2(CC1)NC(=O)C(c1cc(-c3ccc(F)cc3Cl)ccc1C)C2=O. The van der Waals surface area contributed by atoms with Crippen LogP contribution in [0.2, 0.25) is 5.02 Å². The first-order chi connectivity index (χ1) is 13.8. The Labute approximate surface area is 174 Å². The quantitative estimate of drug-likeness (QED) is 0.747. The second-order valence-corrected chi connectivity index (χ2v) is 8.41. The van der Waals surface area contributed by atoms with E-state index in [-0.39, 0.29) is 22.8 Å². The van der Waals surface area contributed by atoms with Crippen LogP contribution in [0.3, 0.4) is 0 Å². The molecule has 1 atom stereocenters. The third-order valence-electron chi connectivity index (χ3n) is 6.31. The Morgan fingerprint density at radius 3 is 2.52 bits per heavy atom. The number of nitrogens with one attached hydrogen (secondary N) is 1. The minimum atomic E-state index is -0.840. The molecule has 2 fully saturated rings. The highest BCUT2D eigenvalue weighted by atomic mass is 35.5. The fourth-order valence-electron chi connectivity index (χ4n) is 4.58. The Kier molecular flexibility index (Phi) is 5.21. The van der Waals surface area contributed by atoms with E-state index in [0.29, 0.717) is 24.0 Å². The smallest absolute Gasteiger partial charge is 0.235 e. The van der Waals surface area contributed by atoms with Crippen molar-refractivity contribution >= 4 is 23.3 Å². The molecule has 1 unspecified atom stereocenters. The van der Waals surface area contributed by atoms with Crippen LogP contribution in [0.5, 0.6) is 0 Å². The standard InChI is InChI=1S/C23H23ClFNO3/c1-13-3-4-14(17-6-5-15(25)12-19(17)24)11-18(13)20-21(27)23(26-22(20)28)9-7-16(29-2)8-10-23/h3-6,11-12,16,20H,7-10H2,1-2H3,(H,26,28). The van der Waals surface area contributed by atoms with E-state index in [9.17, 15) is 14.0 Å². The van der Waals surface area contributed by atoms with Gasteiger partial charge in [0.25, 0.3) is 0 Å². The summed E-state index contributed by atoms with van der Waals surface area (Å²) in [5.74, 6) is -1.57. The molecule has 1 amide bonds. The van der Waals surface area contributed by atoms with Crippen LogP contribution >= 0.6 is 11.6 Å². The molecule has 0 aromatic heterocycles. The Hall–Kier alpha value is -2.24. The van der Waals surface area contributed by atoms with E-state index in [4.69, 9.17) is 16.3 Å². The predicted octanol–water partition coefficient (Wildman–Crippen LogP) is 4.56. The lowest BCUT2D eigenvalue weighted by Crippen LogP contribution is -2.50. The second-order valence-electron chi connectivity index (χ2n) is 8.00. The van der Waals surface area contributed by atoms with Crippen molar-refractivity contribution in [2.24, 2.45) is 0 Å². The molecule has 1 saturated heterocycles. The highest BCUT2D eigenvalue weighted by molar-refractivity contribution is 6.33. The van der Waals surface area contributed by atoms with Gasteiger partial charge in [0.15, 0.2) is 5.78 Å². The Morgan fingerprint density at radius 2 is 1.86 bits per heavy atom. The largest absolute Gasteiger partial charge is 0.381 e. The van der Waals surface area contributed by atoms with Gasteiger partial charge in [-0.05, 0) is 73.6 Å². The van der Waals surface area contributed by atoms with Crippen LogP contribution in [-0.4, -0.2) is 30.4 Å². The number of Topliss-reactive ketones (excluding diaryl/α,β-unsaturated/α-hetero) is 1. The molecule has 2 aliphatic rings. The molecule has 1 saturated carbocycles. The lowest BCUT2D eigenvalue weighted by molar-refractivity contribution is -0.126. The van der Waals surface area contributed by atoms with Gasteiger partial charge in [0.2, 0.25) is 5.91 Å². The van der Waals surface area contributed by atoms with Gasteiger partial charge in [-0.25, -0.2) is 4.39 Å². The van der Waals surface area contributed by atoms with Gasteiger partial charge in [-0.15, -0.1) is 0 Å². The summed E-state index contributed by atoms with van der Waals surface area (Å²) in [6.07, 6.45) is 2.82. The van der Waals surface area contributed by atoms with E-state index in [1.54, 1.807) is 13.2 Å². The molecule has 152 valence electrons. The van der Waals surface area contributed by atoms with Crippen LogP contribution < -0.4 is 5.32 Å². The highest BCUT2D eigenvalue weighted by Crippen LogP contribution is 2.41. The molecule has 0 bridgehead atoms. The van der Waals surface area contributed by atoms with Crippen LogP contribution in [0.25, 0.3) is 11.1 Å². The minimum Gasteiger partial charge on any atom is -0.381 e. The molecular weight excluding hydrogens is 393 g/mol. The number of halogens is 2. The van der Waals surface area contributed by atoms with Gasteiger partial charge in [0, 0.05) is 12.7 Å². The molecule has 0 radical (unpaired) electrons. The number of carbonyl (C=O) groups is 2. The van der Waals surface area contributed by atoms with Crippen molar-refractivity contribution in [2.45, 2.75) is 50.2 Å². The zero-order valence-electron chi connectivity index (χ0n) is 16.4. The van der Waals surface area contributed by atoms with Crippen LogP contribution in [0.1, 0.15) is 42.7 Å². The normalized spacial score (nSPS) is 26.8. The number of aryl methyl sites for hydroxylation is 1. The van der Waals surface area contributed by atoms with E-state index in [1.807, 2.05) is 25.1 Å². The molecule has 1 N–H and O–H groups in total. The summed E-state index contributed by atoms with van der Waals surface area (Å²) < 4.78 is 18.8.